The standard InChI is InChI=1S/C18H32N2O/c1-6-17(7-2)20(13-14-21-5)15(3)18(19-4)16-11-9-8-10-12-16/h8-12,15,17-19H,6-7,13-14H2,1-5H3. The van der Waals surface area contributed by atoms with Gasteiger partial charge in [0.25, 0.3) is 0 Å². The molecule has 0 aromatic heterocycles. The molecule has 2 unspecified atom stereocenters. The smallest absolute Gasteiger partial charge is 0.0589 e. The van der Waals surface area contributed by atoms with E-state index >= 15 is 0 Å². The second-order valence-corrected chi connectivity index (χ2v) is 5.62. The summed E-state index contributed by atoms with van der Waals surface area (Å²) in [6.45, 7) is 8.64. The molecule has 1 aromatic carbocycles. The number of methoxy groups -OCH3 is 1. The Labute approximate surface area is 130 Å². The minimum absolute atomic E-state index is 0.337. The first kappa shape index (κ1) is 18.1. The molecule has 0 spiro atoms. The van der Waals surface area contributed by atoms with Gasteiger partial charge in [-0.05, 0) is 32.4 Å². The largest absolute Gasteiger partial charge is 0.383 e. The third-order valence-corrected chi connectivity index (χ3v) is 4.44. The number of likely N-dealkylation sites (N-methyl/N-ethyl adjacent to an activating group) is 1. The van der Waals surface area contributed by atoms with Crippen molar-refractivity contribution in [2.45, 2.75) is 51.7 Å². The van der Waals surface area contributed by atoms with E-state index in [9.17, 15) is 0 Å². The van der Waals surface area contributed by atoms with Crippen LogP contribution in [0.5, 0.6) is 0 Å². The lowest BCUT2D eigenvalue weighted by molar-refractivity contribution is 0.0707. The lowest BCUT2D eigenvalue weighted by Crippen LogP contribution is -2.48. The molecular weight excluding hydrogens is 260 g/mol. The number of benzene rings is 1. The van der Waals surface area contributed by atoms with Crippen molar-refractivity contribution in [1.29, 1.82) is 0 Å². The Morgan fingerprint density at radius 2 is 1.76 bits per heavy atom. The Kier molecular flexibility index (Phi) is 8.58. The van der Waals surface area contributed by atoms with Crippen LogP contribution in [0.15, 0.2) is 30.3 Å². The molecule has 0 radical (unpaired) electrons. The Hall–Kier alpha value is -0.900. The van der Waals surface area contributed by atoms with Crippen molar-refractivity contribution in [3.8, 4) is 0 Å². The van der Waals surface area contributed by atoms with Crippen molar-refractivity contribution < 1.29 is 4.74 Å². The maximum Gasteiger partial charge on any atom is 0.0589 e. The molecule has 2 atom stereocenters. The molecule has 0 saturated carbocycles. The lowest BCUT2D eigenvalue weighted by Gasteiger charge is -2.39. The summed E-state index contributed by atoms with van der Waals surface area (Å²) >= 11 is 0. The van der Waals surface area contributed by atoms with E-state index in [0.717, 1.165) is 13.2 Å². The minimum atomic E-state index is 0.337. The molecule has 21 heavy (non-hydrogen) atoms. The zero-order chi connectivity index (χ0) is 15.7. The van der Waals surface area contributed by atoms with Gasteiger partial charge in [0.2, 0.25) is 0 Å². The molecule has 3 nitrogen and oxygen atoms in total. The third-order valence-electron chi connectivity index (χ3n) is 4.44. The van der Waals surface area contributed by atoms with Crippen LogP contribution in [-0.2, 0) is 4.74 Å². The van der Waals surface area contributed by atoms with Gasteiger partial charge in [0.05, 0.1) is 6.61 Å². The number of hydrogen-bond donors (Lipinski definition) is 1. The normalized spacial score (nSPS) is 14.6. The maximum absolute atomic E-state index is 5.32. The summed E-state index contributed by atoms with van der Waals surface area (Å²) in [6.07, 6.45) is 2.35. The van der Waals surface area contributed by atoms with Gasteiger partial charge in [-0.25, -0.2) is 0 Å². The molecule has 0 fully saturated rings. The van der Waals surface area contributed by atoms with Crippen LogP contribution in [-0.4, -0.2) is 44.3 Å². The highest BCUT2D eigenvalue weighted by atomic mass is 16.5. The van der Waals surface area contributed by atoms with Crippen molar-refractivity contribution in [3.05, 3.63) is 35.9 Å². The maximum atomic E-state index is 5.32. The number of ether oxygens (including phenoxy) is 1. The van der Waals surface area contributed by atoms with Gasteiger partial charge in [0.1, 0.15) is 0 Å². The van der Waals surface area contributed by atoms with E-state index in [4.69, 9.17) is 4.74 Å². The summed E-state index contributed by atoms with van der Waals surface area (Å²) in [7, 11) is 3.83. The predicted octanol–water partition coefficient (Wildman–Crippen LogP) is 3.47. The van der Waals surface area contributed by atoms with E-state index in [2.05, 4.69) is 68.4 Å². The predicted molar refractivity (Wildman–Crippen MR) is 90.7 cm³/mol. The second kappa shape index (κ2) is 9.93. The molecule has 0 amide bonds. The molecule has 0 bridgehead atoms. The minimum Gasteiger partial charge on any atom is -0.383 e. The quantitative estimate of drug-likeness (QED) is 0.714. The summed E-state index contributed by atoms with van der Waals surface area (Å²) in [5.41, 5.74) is 1.35. The molecule has 0 aliphatic carbocycles. The number of nitrogens with zero attached hydrogens (tertiary/aromatic N) is 1. The molecule has 1 aromatic rings. The van der Waals surface area contributed by atoms with E-state index in [-0.39, 0.29) is 0 Å². The third kappa shape index (κ3) is 5.10. The molecule has 3 heteroatoms. The molecule has 0 saturated heterocycles. The Balaban J connectivity index is 2.92. The molecule has 0 aliphatic rings. The first-order valence-corrected chi connectivity index (χ1v) is 8.16. The fourth-order valence-corrected chi connectivity index (χ4v) is 3.21. The molecule has 120 valence electrons. The van der Waals surface area contributed by atoms with Crippen molar-refractivity contribution in [2.75, 3.05) is 27.3 Å². The Bertz CT molecular complexity index is 365. The average molecular weight is 292 g/mol. The molecule has 1 rings (SSSR count). The SMILES string of the molecule is CCC(CC)N(CCOC)C(C)C(NC)c1ccccc1. The van der Waals surface area contributed by atoms with Gasteiger partial charge < -0.3 is 10.1 Å². The van der Waals surface area contributed by atoms with E-state index in [1.54, 1.807) is 7.11 Å². The van der Waals surface area contributed by atoms with E-state index in [1.165, 1.54) is 18.4 Å². The van der Waals surface area contributed by atoms with Crippen molar-refractivity contribution in [3.63, 3.8) is 0 Å². The van der Waals surface area contributed by atoms with E-state index in [1.807, 2.05) is 0 Å². The highest BCUT2D eigenvalue weighted by Gasteiger charge is 2.27. The van der Waals surface area contributed by atoms with Gasteiger partial charge in [0, 0.05) is 31.8 Å². The summed E-state index contributed by atoms with van der Waals surface area (Å²) in [5.74, 6) is 0. The monoisotopic (exact) mass is 292 g/mol. The lowest BCUT2D eigenvalue weighted by atomic mass is 9.97. The fraction of sp³-hybridized carbons (Fsp3) is 0.667. The van der Waals surface area contributed by atoms with Gasteiger partial charge in [-0.1, -0.05) is 44.2 Å². The topological polar surface area (TPSA) is 24.5 Å². The Morgan fingerprint density at radius 1 is 1.14 bits per heavy atom. The van der Waals surface area contributed by atoms with Crippen LogP contribution in [0, 0.1) is 0 Å². The van der Waals surface area contributed by atoms with Crippen LogP contribution in [0.25, 0.3) is 0 Å². The number of hydrogen-bond acceptors (Lipinski definition) is 3. The van der Waals surface area contributed by atoms with Crippen LogP contribution in [0.3, 0.4) is 0 Å². The molecule has 0 heterocycles. The van der Waals surface area contributed by atoms with Crippen LogP contribution < -0.4 is 5.32 Å². The van der Waals surface area contributed by atoms with Gasteiger partial charge in [-0.15, -0.1) is 0 Å². The van der Waals surface area contributed by atoms with E-state index in [0.29, 0.717) is 18.1 Å². The van der Waals surface area contributed by atoms with Crippen molar-refractivity contribution in [1.82, 2.24) is 10.2 Å². The summed E-state index contributed by atoms with van der Waals surface area (Å²) in [4.78, 5) is 2.59. The molecular formula is C18H32N2O. The molecule has 1 N–H and O–H groups in total. The summed E-state index contributed by atoms with van der Waals surface area (Å²) in [5, 5.41) is 3.50. The average Bonchev–Trinajstić information content (AvgIpc) is 2.53. The van der Waals surface area contributed by atoms with Gasteiger partial charge in [0.15, 0.2) is 0 Å². The van der Waals surface area contributed by atoms with Crippen LogP contribution >= 0.6 is 0 Å². The van der Waals surface area contributed by atoms with Crippen LogP contribution in [0.4, 0.5) is 0 Å². The van der Waals surface area contributed by atoms with Crippen molar-refractivity contribution in [2.24, 2.45) is 0 Å². The second-order valence-electron chi connectivity index (χ2n) is 5.62. The molecule has 0 aliphatic heterocycles. The van der Waals surface area contributed by atoms with Crippen molar-refractivity contribution >= 4 is 0 Å². The van der Waals surface area contributed by atoms with Gasteiger partial charge in [-0.3, -0.25) is 4.90 Å². The zero-order valence-corrected chi connectivity index (χ0v) is 14.3. The van der Waals surface area contributed by atoms with E-state index < -0.39 is 0 Å². The van der Waals surface area contributed by atoms with Crippen LogP contribution in [0.1, 0.15) is 45.2 Å². The van der Waals surface area contributed by atoms with Crippen LogP contribution in [0.2, 0.25) is 0 Å². The van der Waals surface area contributed by atoms with Gasteiger partial charge >= 0.3 is 0 Å². The summed E-state index contributed by atoms with van der Waals surface area (Å²) in [6, 6.07) is 12.1. The van der Waals surface area contributed by atoms with Gasteiger partial charge in [-0.2, -0.15) is 0 Å². The number of rotatable bonds is 10. The first-order valence-electron chi connectivity index (χ1n) is 8.16. The Morgan fingerprint density at radius 3 is 2.24 bits per heavy atom. The highest BCUT2D eigenvalue weighted by molar-refractivity contribution is 5.20. The summed E-state index contributed by atoms with van der Waals surface area (Å²) < 4.78 is 5.32. The first-order chi connectivity index (χ1) is 10.2. The fourth-order valence-electron chi connectivity index (χ4n) is 3.21. The zero-order valence-electron chi connectivity index (χ0n) is 14.3. The highest BCUT2D eigenvalue weighted by Crippen LogP contribution is 2.24. The number of nitrogens with one attached hydrogen (secondary N) is 1.